The van der Waals surface area contributed by atoms with E-state index in [1.54, 1.807) is 11.8 Å². The maximum Gasteiger partial charge on any atom is 0.416 e. The van der Waals surface area contributed by atoms with E-state index in [0.717, 1.165) is 25.0 Å². The van der Waals surface area contributed by atoms with E-state index in [9.17, 15) is 22.4 Å². The predicted octanol–water partition coefficient (Wildman–Crippen LogP) is 4.38. The number of hydrogen-bond donors (Lipinski definition) is 3. The van der Waals surface area contributed by atoms with Crippen molar-refractivity contribution < 1.29 is 27.1 Å². The Kier molecular flexibility index (Phi) is 8.77. The largest absolute Gasteiger partial charge is 0.416 e. The first-order valence-electron chi connectivity index (χ1n) is 13.0. The number of amides is 1. The molecule has 7 nitrogen and oxygen atoms in total. The van der Waals surface area contributed by atoms with Gasteiger partial charge in [-0.3, -0.25) is 4.79 Å². The number of amidine groups is 1. The normalized spacial score (nSPS) is 24.1. The van der Waals surface area contributed by atoms with Crippen LogP contribution in [0.2, 0.25) is 0 Å². The highest BCUT2D eigenvalue weighted by atomic mass is 19.4. The minimum Gasteiger partial charge on any atom is -0.387 e. The molecular formula is C27H35F4N5O2. The molecule has 11 heteroatoms. The summed E-state index contributed by atoms with van der Waals surface area (Å²) in [6.07, 6.45) is -1.79. The maximum absolute atomic E-state index is 14.2. The average molecular weight is 538 g/mol. The number of benzene rings is 1. The third-order valence-corrected chi connectivity index (χ3v) is 7.25. The number of piperidine rings is 1. The molecular weight excluding hydrogens is 502 g/mol. The number of alkyl halides is 4. The van der Waals surface area contributed by atoms with Gasteiger partial charge in [-0.25, -0.2) is 9.38 Å². The summed E-state index contributed by atoms with van der Waals surface area (Å²) in [4.78, 5) is 19.8. The van der Waals surface area contributed by atoms with Crippen LogP contribution in [-0.2, 0) is 15.7 Å². The number of hydrogen-bond acceptors (Lipinski definition) is 5. The van der Waals surface area contributed by atoms with Crippen molar-refractivity contribution in [2.45, 2.75) is 63.5 Å². The van der Waals surface area contributed by atoms with E-state index in [4.69, 9.17) is 10.5 Å². The van der Waals surface area contributed by atoms with Gasteiger partial charge in [0, 0.05) is 54.7 Å². The van der Waals surface area contributed by atoms with Crippen molar-refractivity contribution in [3.63, 3.8) is 0 Å². The van der Waals surface area contributed by atoms with E-state index in [2.05, 4.69) is 22.2 Å². The van der Waals surface area contributed by atoms with Crippen LogP contribution >= 0.6 is 0 Å². The summed E-state index contributed by atoms with van der Waals surface area (Å²) in [6, 6.07) is 4.61. The minimum absolute atomic E-state index is 0.0894. The molecule has 0 spiro atoms. The molecule has 2 aliphatic heterocycles. The molecule has 3 fully saturated rings. The van der Waals surface area contributed by atoms with E-state index in [-0.39, 0.29) is 47.6 Å². The van der Waals surface area contributed by atoms with Gasteiger partial charge < -0.3 is 26.0 Å². The zero-order valence-corrected chi connectivity index (χ0v) is 21.5. The van der Waals surface area contributed by atoms with Gasteiger partial charge in [0.05, 0.1) is 12.2 Å². The highest BCUT2D eigenvalue weighted by Crippen LogP contribution is 2.32. The van der Waals surface area contributed by atoms with Gasteiger partial charge in [-0.1, -0.05) is 12.6 Å². The summed E-state index contributed by atoms with van der Waals surface area (Å²) in [7, 11) is 0. The second kappa shape index (κ2) is 11.9. The van der Waals surface area contributed by atoms with Crippen LogP contribution in [0, 0.1) is 5.92 Å². The molecule has 4 N–H and O–H groups in total. The van der Waals surface area contributed by atoms with Crippen LogP contribution in [0.3, 0.4) is 0 Å². The van der Waals surface area contributed by atoms with Crippen LogP contribution in [0.1, 0.15) is 44.6 Å². The standard InChI is InChI=1S/C27H35F4N5O2/c1-16(17(2)33-21-5-3-4-19(14-21)27(29,30)31)24(35-25(32)18-6-7-18)26(37)36-11-8-20(9-12-36)34-23-10-13-38-15-22(23)28/h3-5,14,18,20,22-23,33-34H,2,6-13,15H2,1H3,(H2,32,35)/b24-16-/t22-,23+/m0/s1. The minimum atomic E-state index is -4.48. The second-order valence-electron chi connectivity index (χ2n) is 10.2. The molecule has 0 bridgehead atoms. The summed E-state index contributed by atoms with van der Waals surface area (Å²) in [6.45, 7) is 7.15. The Morgan fingerprint density at radius 1 is 1.18 bits per heavy atom. The highest BCUT2D eigenvalue weighted by molar-refractivity contribution is 5.99. The monoisotopic (exact) mass is 537 g/mol. The lowest BCUT2D eigenvalue weighted by atomic mass is 10.00. The predicted molar refractivity (Wildman–Crippen MR) is 138 cm³/mol. The summed E-state index contributed by atoms with van der Waals surface area (Å²) in [5, 5.41) is 6.26. The molecule has 2 atom stereocenters. The molecule has 208 valence electrons. The Hall–Kier alpha value is -2.92. The van der Waals surface area contributed by atoms with Gasteiger partial charge in [-0.15, -0.1) is 0 Å². The van der Waals surface area contributed by atoms with Gasteiger partial charge >= 0.3 is 6.18 Å². The van der Waals surface area contributed by atoms with Crippen molar-refractivity contribution in [1.29, 1.82) is 0 Å². The average Bonchev–Trinajstić information content (AvgIpc) is 3.74. The SMILES string of the molecule is C=C(Nc1cccc(C(F)(F)F)c1)/C(C)=C(\N=C(N)C1CC1)C(=O)N1CCC(N[C@@H]2CCOC[C@@H]2F)CC1. The lowest BCUT2D eigenvalue weighted by Gasteiger charge is -2.36. The fourth-order valence-electron chi connectivity index (χ4n) is 4.67. The lowest BCUT2D eigenvalue weighted by Crippen LogP contribution is -2.52. The van der Waals surface area contributed by atoms with E-state index >= 15 is 0 Å². The van der Waals surface area contributed by atoms with Crippen LogP contribution < -0.4 is 16.4 Å². The number of nitrogens with one attached hydrogen (secondary N) is 2. The molecule has 0 aromatic heterocycles. The number of aliphatic imine (C=N–C) groups is 1. The van der Waals surface area contributed by atoms with Crippen LogP contribution in [0.4, 0.5) is 23.2 Å². The lowest BCUT2D eigenvalue weighted by molar-refractivity contribution is -0.137. The van der Waals surface area contributed by atoms with Crippen LogP contribution in [-0.4, -0.2) is 61.2 Å². The molecule has 2 saturated heterocycles. The van der Waals surface area contributed by atoms with Crippen LogP contribution in [0.5, 0.6) is 0 Å². The topological polar surface area (TPSA) is 92.0 Å². The number of anilines is 1. The Morgan fingerprint density at radius 2 is 1.89 bits per heavy atom. The number of allylic oxidation sites excluding steroid dienone is 1. The first-order chi connectivity index (χ1) is 18.0. The van der Waals surface area contributed by atoms with E-state index < -0.39 is 17.9 Å². The smallest absolute Gasteiger partial charge is 0.387 e. The van der Waals surface area contributed by atoms with Gasteiger partial charge in [0.2, 0.25) is 0 Å². The summed E-state index contributed by atoms with van der Waals surface area (Å²) >= 11 is 0. The van der Waals surface area contributed by atoms with E-state index in [1.807, 2.05) is 0 Å². The number of halogens is 4. The summed E-state index contributed by atoms with van der Waals surface area (Å²) < 4.78 is 58.7. The Balaban J connectivity index is 1.47. The van der Waals surface area contributed by atoms with Crippen molar-refractivity contribution in [2.24, 2.45) is 16.6 Å². The van der Waals surface area contributed by atoms with Crippen molar-refractivity contribution >= 4 is 17.4 Å². The first-order valence-corrected chi connectivity index (χ1v) is 13.0. The number of nitrogens with zero attached hydrogens (tertiary/aromatic N) is 2. The molecule has 1 amide bonds. The molecule has 1 aromatic carbocycles. The molecule has 2 heterocycles. The van der Waals surface area contributed by atoms with Gasteiger partial charge in [0.15, 0.2) is 0 Å². The molecule has 0 unspecified atom stereocenters. The number of carbonyl (C=O) groups is 1. The van der Waals surface area contributed by atoms with Gasteiger partial charge in [0.25, 0.3) is 5.91 Å². The maximum atomic E-state index is 14.2. The molecule has 1 saturated carbocycles. The van der Waals surface area contributed by atoms with E-state index in [1.165, 1.54) is 12.1 Å². The molecule has 3 aliphatic rings. The van der Waals surface area contributed by atoms with Crippen molar-refractivity contribution in [1.82, 2.24) is 10.2 Å². The molecule has 38 heavy (non-hydrogen) atoms. The van der Waals surface area contributed by atoms with Crippen molar-refractivity contribution in [3.8, 4) is 0 Å². The number of likely N-dealkylation sites (tertiary alicyclic amines) is 1. The second-order valence-corrected chi connectivity index (χ2v) is 10.2. The fourth-order valence-corrected chi connectivity index (χ4v) is 4.67. The Labute approximate surface area is 220 Å². The summed E-state index contributed by atoms with van der Waals surface area (Å²) in [5.41, 5.74) is 6.34. The van der Waals surface area contributed by atoms with E-state index in [0.29, 0.717) is 50.4 Å². The quantitative estimate of drug-likeness (QED) is 0.151. The molecule has 4 rings (SSSR count). The zero-order valence-electron chi connectivity index (χ0n) is 21.5. The fraction of sp³-hybridized carbons (Fsp3) is 0.556. The Morgan fingerprint density at radius 3 is 2.53 bits per heavy atom. The van der Waals surface area contributed by atoms with Crippen LogP contribution in [0.25, 0.3) is 0 Å². The summed E-state index contributed by atoms with van der Waals surface area (Å²) in [5.74, 6) is 0.175. The number of ether oxygens (including phenoxy) is 1. The van der Waals surface area contributed by atoms with Crippen molar-refractivity contribution in [2.75, 3.05) is 31.6 Å². The number of nitrogens with two attached hydrogens (primary N) is 1. The van der Waals surface area contributed by atoms with Gasteiger partial charge in [-0.05, 0) is 57.2 Å². The molecule has 0 radical (unpaired) electrons. The molecule has 1 aliphatic carbocycles. The third kappa shape index (κ3) is 7.13. The Bertz CT molecular complexity index is 1090. The number of carbonyl (C=O) groups excluding carboxylic acids is 1. The highest BCUT2D eigenvalue weighted by Gasteiger charge is 2.33. The zero-order chi connectivity index (χ0) is 27.4. The molecule has 1 aromatic rings. The van der Waals surface area contributed by atoms with Gasteiger partial charge in [0.1, 0.15) is 17.7 Å². The third-order valence-electron chi connectivity index (χ3n) is 7.25. The van der Waals surface area contributed by atoms with Gasteiger partial charge in [-0.2, -0.15) is 13.2 Å². The van der Waals surface area contributed by atoms with Crippen LogP contribution in [0.15, 0.2) is 52.8 Å². The first kappa shape index (κ1) is 28.1. The number of rotatable bonds is 8. The van der Waals surface area contributed by atoms with Crippen molar-refractivity contribution in [3.05, 3.63) is 53.4 Å².